The Bertz CT molecular complexity index is 956. The summed E-state index contributed by atoms with van der Waals surface area (Å²) in [6.45, 7) is 3.21. The zero-order chi connectivity index (χ0) is 18.7. The third-order valence-electron chi connectivity index (χ3n) is 3.45. The molecule has 0 saturated carbocycles. The van der Waals surface area contributed by atoms with Gasteiger partial charge in [0.05, 0.1) is 5.25 Å². The lowest BCUT2D eigenvalue weighted by atomic mass is 10.2. The lowest BCUT2D eigenvalue weighted by Crippen LogP contribution is -2.22. The summed E-state index contributed by atoms with van der Waals surface area (Å²) in [5, 5.41) is 6.06. The van der Waals surface area contributed by atoms with E-state index in [0.29, 0.717) is 32.7 Å². The molecule has 0 aliphatic rings. The van der Waals surface area contributed by atoms with E-state index in [1.807, 2.05) is 0 Å². The number of hydrogen-bond donors (Lipinski definition) is 2. The molecule has 0 radical (unpaired) electrons. The predicted molar refractivity (Wildman–Crippen MR) is 104 cm³/mol. The fourth-order valence-corrected chi connectivity index (χ4v) is 3.14. The van der Waals surface area contributed by atoms with E-state index < -0.39 is 5.25 Å². The second kappa shape index (κ2) is 7.80. The Labute approximate surface area is 159 Å². The molecule has 0 bridgehead atoms. The molecule has 0 unspecified atom stereocenters. The molecule has 26 heavy (non-hydrogen) atoms. The first-order valence-electron chi connectivity index (χ1n) is 7.82. The Hall–Kier alpha value is -2.51. The van der Waals surface area contributed by atoms with Crippen LogP contribution < -0.4 is 10.6 Å². The van der Waals surface area contributed by atoms with Gasteiger partial charge in [0.1, 0.15) is 5.52 Å². The first-order chi connectivity index (χ1) is 12.4. The van der Waals surface area contributed by atoms with Gasteiger partial charge < -0.3 is 15.1 Å². The topological polar surface area (TPSA) is 84.2 Å². The van der Waals surface area contributed by atoms with Crippen molar-refractivity contribution in [3.05, 3.63) is 47.5 Å². The monoisotopic (exact) mass is 389 g/mol. The molecule has 3 aromatic rings. The lowest BCUT2D eigenvalue weighted by Gasteiger charge is -2.10. The van der Waals surface area contributed by atoms with Crippen molar-refractivity contribution in [3.8, 4) is 0 Å². The van der Waals surface area contributed by atoms with E-state index in [1.165, 1.54) is 18.7 Å². The fraction of sp³-hybridized carbons (Fsp3) is 0.167. The zero-order valence-electron chi connectivity index (χ0n) is 14.1. The first-order valence-corrected chi connectivity index (χ1v) is 9.08. The Kier molecular flexibility index (Phi) is 5.49. The van der Waals surface area contributed by atoms with Gasteiger partial charge in [-0.25, -0.2) is 4.98 Å². The molecular formula is C18H16ClN3O3S. The summed E-state index contributed by atoms with van der Waals surface area (Å²) in [6.07, 6.45) is 0. The Morgan fingerprint density at radius 1 is 1.12 bits per heavy atom. The zero-order valence-corrected chi connectivity index (χ0v) is 15.6. The van der Waals surface area contributed by atoms with Crippen molar-refractivity contribution in [3.63, 3.8) is 0 Å². The molecule has 1 atom stereocenters. The van der Waals surface area contributed by atoms with Gasteiger partial charge in [-0.05, 0) is 43.3 Å². The number of anilines is 2. The molecule has 0 fully saturated rings. The SMILES string of the molecule is CC(=O)Nc1ccc(NC(=O)[C@@H](C)Sc2nc3ccc(Cl)cc3o2)cc1. The average Bonchev–Trinajstić information content (AvgIpc) is 2.97. The molecule has 3 rings (SSSR count). The van der Waals surface area contributed by atoms with Crippen LogP contribution in [-0.2, 0) is 9.59 Å². The van der Waals surface area contributed by atoms with E-state index in [0.717, 1.165) is 0 Å². The standard InChI is InChI=1S/C18H16ClN3O3S/c1-10(26-18-22-15-8-3-12(19)9-16(15)25-18)17(24)21-14-6-4-13(5-7-14)20-11(2)23/h3-10H,1-2H3,(H,20,23)(H,21,24)/t10-/m1/s1. The Morgan fingerprint density at radius 2 is 1.77 bits per heavy atom. The summed E-state index contributed by atoms with van der Waals surface area (Å²) in [5.74, 6) is -0.325. The number of thioether (sulfide) groups is 1. The summed E-state index contributed by atoms with van der Waals surface area (Å²) in [5.41, 5.74) is 2.59. The maximum absolute atomic E-state index is 12.4. The summed E-state index contributed by atoms with van der Waals surface area (Å²) in [7, 11) is 0. The third kappa shape index (κ3) is 4.56. The van der Waals surface area contributed by atoms with Crippen molar-refractivity contribution in [1.29, 1.82) is 0 Å². The van der Waals surface area contributed by atoms with Crippen LogP contribution in [0.2, 0.25) is 5.02 Å². The molecule has 1 aromatic heterocycles. The van der Waals surface area contributed by atoms with Crippen LogP contribution in [0.15, 0.2) is 52.1 Å². The summed E-state index contributed by atoms with van der Waals surface area (Å²) in [6, 6.07) is 12.1. The Balaban J connectivity index is 1.62. The highest BCUT2D eigenvalue weighted by Gasteiger charge is 2.18. The number of amides is 2. The number of hydrogen-bond acceptors (Lipinski definition) is 5. The van der Waals surface area contributed by atoms with Gasteiger partial charge in [-0.15, -0.1) is 0 Å². The molecule has 0 aliphatic heterocycles. The maximum atomic E-state index is 12.4. The van der Waals surface area contributed by atoms with Gasteiger partial charge in [0.25, 0.3) is 5.22 Å². The minimum atomic E-state index is -0.409. The molecule has 2 amide bonds. The van der Waals surface area contributed by atoms with E-state index in [4.69, 9.17) is 16.0 Å². The van der Waals surface area contributed by atoms with Gasteiger partial charge in [0.2, 0.25) is 11.8 Å². The van der Waals surface area contributed by atoms with Crippen LogP contribution in [0, 0.1) is 0 Å². The van der Waals surface area contributed by atoms with Crippen molar-refractivity contribution < 1.29 is 14.0 Å². The van der Waals surface area contributed by atoms with Gasteiger partial charge in [0, 0.05) is 29.4 Å². The largest absolute Gasteiger partial charge is 0.431 e. The van der Waals surface area contributed by atoms with Crippen molar-refractivity contribution in [2.75, 3.05) is 10.6 Å². The van der Waals surface area contributed by atoms with Crippen molar-refractivity contribution in [2.24, 2.45) is 0 Å². The molecule has 6 nitrogen and oxygen atoms in total. The fourth-order valence-electron chi connectivity index (χ4n) is 2.22. The smallest absolute Gasteiger partial charge is 0.257 e. The molecule has 2 aromatic carbocycles. The van der Waals surface area contributed by atoms with Crippen molar-refractivity contribution in [1.82, 2.24) is 4.98 Å². The number of fused-ring (bicyclic) bond motifs is 1. The number of benzene rings is 2. The molecule has 0 spiro atoms. The van der Waals surface area contributed by atoms with Crippen LogP contribution in [0.25, 0.3) is 11.1 Å². The summed E-state index contributed by atoms with van der Waals surface area (Å²) < 4.78 is 5.62. The van der Waals surface area contributed by atoms with Crippen LogP contribution in [0.3, 0.4) is 0 Å². The van der Waals surface area contributed by atoms with E-state index in [-0.39, 0.29) is 11.8 Å². The number of carbonyl (C=O) groups is 2. The highest BCUT2D eigenvalue weighted by Crippen LogP contribution is 2.28. The number of nitrogens with zero attached hydrogens (tertiary/aromatic N) is 1. The minimum absolute atomic E-state index is 0.147. The maximum Gasteiger partial charge on any atom is 0.257 e. The molecule has 1 heterocycles. The van der Waals surface area contributed by atoms with Gasteiger partial charge in [-0.2, -0.15) is 0 Å². The minimum Gasteiger partial charge on any atom is -0.431 e. The number of oxazole rings is 1. The number of nitrogens with one attached hydrogen (secondary N) is 2. The highest BCUT2D eigenvalue weighted by atomic mass is 35.5. The summed E-state index contributed by atoms with van der Waals surface area (Å²) in [4.78, 5) is 27.7. The van der Waals surface area contributed by atoms with Crippen molar-refractivity contribution >= 4 is 57.7 Å². The number of aromatic nitrogens is 1. The quantitative estimate of drug-likeness (QED) is 0.625. The average molecular weight is 390 g/mol. The van der Waals surface area contributed by atoms with Crippen LogP contribution in [0.1, 0.15) is 13.8 Å². The molecule has 8 heteroatoms. The van der Waals surface area contributed by atoms with Gasteiger partial charge in [-0.1, -0.05) is 23.4 Å². The van der Waals surface area contributed by atoms with Gasteiger partial charge in [-0.3, -0.25) is 9.59 Å². The third-order valence-corrected chi connectivity index (χ3v) is 4.63. The molecular weight excluding hydrogens is 374 g/mol. The normalized spacial score (nSPS) is 12.0. The number of rotatable bonds is 5. The van der Waals surface area contributed by atoms with Gasteiger partial charge >= 0.3 is 0 Å². The van der Waals surface area contributed by atoms with Crippen LogP contribution >= 0.6 is 23.4 Å². The Morgan fingerprint density at radius 3 is 2.42 bits per heavy atom. The van der Waals surface area contributed by atoms with Gasteiger partial charge in [0.15, 0.2) is 5.58 Å². The second-order valence-corrected chi connectivity index (χ2v) is 7.33. The number of carbonyl (C=O) groups excluding carboxylic acids is 2. The van der Waals surface area contributed by atoms with Crippen LogP contribution in [0.4, 0.5) is 11.4 Å². The summed E-state index contributed by atoms with van der Waals surface area (Å²) >= 11 is 7.16. The molecule has 0 saturated heterocycles. The molecule has 2 N–H and O–H groups in total. The van der Waals surface area contributed by atoms with E-state index in [1.54, 1.807) is 49.4 Å². The second-order valence-electron chi connectivity index (χ2n) is 5.60. The van der Waals surface area contributed by atoms with Crippen LogP contribution in [-0.4, -0.2) is 22.0 Å². The molecule has 0 aliphatic carbocycles. The van der Waals surface area contributed by atoms with Crippen molar-refractivity contribution in [2.45, 2.75) is 24.3 Å². The lowest BCUT2D eigenvalue weighted by molar-refractivity contribution is -0.115. The molecule has 134 valence electrons. The highest BCUT2D eigenvalue weighted by molar-refractivity contribution is 8.00. The first kappa shape index (κ1) is 18.3. The van der Waals surface area contributed by atoms with E-state index >= 15 is 0 Å². The van der Waals surface area contributed by atoms with E-state index in [2.05, 4.69) is 15.6 Å². The van der Waals surface area contributed by atoms with E-state index in [9.17, 15) is 9.59 Å². The van der Waals surface area contributed by atoms with Crippen LogP contribution in [0.5, 0.6) is 0 Å². The number of halogens is 1. The predicted octanol–water partition coefficient (Wildman–Crippen LogP) is 4.56.